The summed E-state index contributed by atoms with van der Waals surface area (Å²) in [5.74, 6) is 0.338. The molecule has 0 amide bonds. The largest absolute Gasteiger partial charge is 0.508 e. The van der Waals surface area contributed by atoms with Gasteiger partial charge in [-0.3, -0.25) is 0 Å². The van der Waals surface area contributed by atoms with Crippen LogP contribution in [0.4, 0.5) is 0 Å². The predicted molar refractivity (Wildman–Crippen MR) is 74.6 cm³/mol. The molecule has 1 aromatic carbocycles. The first-order valence-corrected chi connectivity index (χ1v) is 6.93. The first kappa shape index (κ1) is 13.4. The van der Waals surface area contributed by atoms with Gasteiger partial charge in [0.25, 0.3) is 0 Å². The molecule has 0 heterocycles. The monoisotopic (exact) mass is 248 g/mol. The van der Waals surface area contributed by atoms with Crippen LogP contribution in [0.3, 0.4) is 0 Å². The summed E-state index contributed by atoms with van der Waals surface area (Å²) in [6.45, 7) is 2.24. The van der Waals surface area contributed by atoms with Crippen molar-refractivity contribution in [2.75, 3.05) is 0 Å². The third kappa shape index (κ3) is 4.00. The van der Waals surface area contributed by atoms with Crippen LogP contribution in [-0.2, 0) is 6.42 Å². The summed E-state index contributed by atoms with van der Waals surface area (Å²) >= 11 is 0. The highest BCUT2D eigenvalue weighted by molar-refractivity contribution is 5.25. The van der Waals surface area contributed by atoms with Crippen molar-refractivity contribution in [3.05, 3.63) is 29.8 Å². The van der Waals surface area contributed by atoms with Gasteiger partial charge in [0.1, 0.15) is 5.75 Å². The van der Waals surface area contributed by atoms with Gasteiger partial charge in [-0.05, 0) is 56.7 Å². The number of aryl methyl sites for hydroxylation is 1. The number of nitrogens with two attached hydrogens (primary N) is 1. The number of phenolic OH excluding ortho intramolecular Hbond substituents is 1. The fourth-order valence-electron chi connectivity index (χ4n) is 2.70. The minimum atomic E-state index is 0.338. The second kappa shape index (κ2) is 6.21. The molecule has 0 spiro atoms. The molecule has 0 aliphatic heterocycles. The van der Waals surface area contributed by atoms with E-state index in [1.807, 2.05) is 12.1 Å². The number of benzene rings is 1. The Balaban J connectivity index is 1.71. The molecule has 1 aromatic rings. The maximum atomic E-state index is 9.22. The van der Waals surface area contributed by atoms with E-state index >= 15 is 0 Å². The van der Waals surface area contributed by atoms with E-state index in [0.717, 1.165) is 25.7 Å². The number of hydrogen-bond acceptors (Lipinski definition) is 3. The SMILES string of the molecule is CC(CCc1ccc(O)cc1)NC1CCC(N)C1. The van der Waals surface area contributed by atoms with Gasteiger partial charge in [-0.25, -0.2) is 0 Å². The van der Waals surface area contributed by atoms with Crippen molar-refractivity contribution < 1.29 is 5.11 Å². The zero-order chi connectivity index (χ0) is 13.0. The topological polar surface area (TPSA) is 58.3 Å². The Hall–Kier alpha value is -1.06. The summed E-state index contributed by atoms with van der Waals surface area (Å²) in [5, 5.41) is 12.9. The quantitative estimate of drug-likeness (QED) is 0.748. The van der Waals surface area contributed by atoms with Crippen LogP contribution in [-0.4, -0.2) is 23.2 Å². The summed E-state index contributed by atoms with van der Waals surface area (Å²) in [6.07, 6.45) is 5.65. The van der Waals surface area contributed by atoms with Gasteiger partial charge >= 0.3 is 0 Å². The van der Waals surface area contributed by atoms with E-state index in [4.69, 9.17) is 5.73 Å². The lowest BCUT2D eigenvalue weighted by Crippen LogP contribution is -2.36. The summed E-state index contributed by atoms with van der Waals surface area (Å²) < 4.78 is 0. The van der Waals surface area contributed by atoms with Crippen LogP contribution in [0.5, 0.6) is 5.75 Å². The van der Waals surface area contributed by atoms with Crippen LogP contribution >= 0.6 is 0 Å². The standard InChI is InChI=1S/C15H24N2O/c1-11(17-14-7-6-13(16)10-14)2-3-12-4-8-15(18)9-5-12/h4-5,8-9,11,13-14,17-18H,2-3,6-7,10,16H2,1H3. The van der Waals surface area contributed by atoms with E-state index in [2.05, 4.69) is 12.2 Å². The lowest BCUT2D eigenvalue weighted by Gasteiger charge is -2.19. The second-order valence-corrected chi connectivity index (χ2v) is 5.54. The van der Waals surface area contributed by atoms with Gasteiger partial charge in [0.15, 0.2) is 0 Å². The Labute approximate surface area is 109 Å². The molecule has 0 aromatic heterocycles. The maximum Gasteiger partial charge on any atom is 0.115 e. The predicted octanol–water partition coefficient (Wildman–Crippen LogP) is 2.18. The molecule has 1 aliphatic rings. The summed E-state index contributed by atoms with van der Waals surface area (Å²) in [6, 6.07) is 9.02. The van der Waals surface area contributed by atoms with Crippen LogP contribution in [0.1, 0.15) is 38.2 Å². The number of aromatic hydroxyl groups is 1. The van der Waals surface area contributed by atoms with E-state index in [1.165, 1.54) is 12.0 Å². The van der Waals surface area contributed by atoms with E-state index in [1.54, 1.807) is 12.1 Å². The van der Waals surface area contributed by atoms with Crippen molar-refractivity contribution in [2.45, 2.75) is 57.2 Å². The summed E-state index contributed by atoms with van der Waals surface area (Å²) in [4.78, 5) is 0. The van der Waals surface area contributed by atoms with Gasteiger partial charge in [-0.2, -0.15) is 0 Å². The molecular formula is C15H24N2O. The van der Waals surface area contributed by atoms with E-state index in [0.29, 0.717) is 23.9 Å². The van der Waals surface area contributed by atoms with Crippen LogP contribution in [0, 0.1) is 0 Å². The number of hydrogen-bond donors (Lipinski definition) is 3. The zero-order valence-electron chi connectivity index (χ0n) is 11.1. The van der Waals surface area contributed by atoms with Crippen LogP contribution in [0.2, 0.25) is 0 Å². The Morgan fingerprint density at radius 2 is 2.06 bits per heavy atom. The molecule has 3 unspecified atom stereocenters. The van der Waals surface area contributed by atoms with Gasteiger partial charge in [-0.1, -0.05) is 12.1 Å². The van der Waals surface area contributed by atoms with Gasteiger partial charge in [0, 0.05) is 18.1 Å². The normalized spacial score (nSPS) is 25.2. The van der Waals surface area contributed by atoms with Gasteiger partial charge in [-0.15, -0.1) is 0 Å². The zero-order valence-corrected chi connectivity index (χ0v) is 11.1. The smallest absolute Gasteiger partial charge is 0.115 e. The van der Waals surface area contributed by atoms with Gasteiger partial charge in [0.05, 0.1) is 0 Å². The third-order valence-corrected chi connectivity index (χ3v) is 3.80. The van der Waals surface area contributed by atoms with Crippen LogP contribution in [0.15, 0.2) is 24.3 Å². The highest BCUT2D eigenvalue weighted by Gasteiger charge is 2.22. The van der Waals surface area contributed by atoms with E-state index in [-0.39, 0.29) is 0 Å². The average Bonchev–Trinajstić information content (AvgIpc) is 2.74. The Bertz CT molecular complexity index is 363. The highest BCUT2D eigenvalue weighted by Crippen LogP contribution is 2.18. The van der Waals surface area contributed by atoms with Crippen molar-refractivity contribution in [3.63, 3.8) is 0 Å². The Kier molecular flexibility index (Phi) is 4.61. The summed E-state index contributed by atoms with van der Waals surface area (Å²) in [7, 11) is 0. The van der Waals surface area contributed by atoms with Crippen molar-refractivity contribution in [3.8, 4) is 5.75 Å². The van der Waals surface area contributed by atoms with Crippen molar-refractivity contribution in [1.82, 2.24) is 5.32 Å². The fraction of sp³-hybridized carbons (Fsp3) is 0.600. The Morgan fingerprint density at radius 3 is 2.67 bits per heavy atom. The summed E-state index contributed by atoms with van der Waals surface area (Å²) in [5.41, 5.74) is 7.20. The molecule has 0 radical (unpaired) electrons. The molecule has 4 N–H and O–H groups in total. The molecule has 3 nitrogen and oxygen atoms in total. The fourth-order valence-corrected chi connectivity index (χ4v) is 2.70. The second-order valence-electron chi connectivity index (χ2n) is 5.54. The molecule has 100 valence electrons. The van der Waals surface area contributed by atoms with Crippen LogP contribution < -0.4 is 11.1 Å². The average molecular weight is 248 g/mol. The third-order valence-electron chi connectivity index (χ3n) is 3.80. The molecule has 3 atom stereocenters. The minimum absolute atomic E-state index is 0.338. The van der Waals surface area contributed by atoms with E-state index < -0.39 is 0 Å². The molecule has 2 rings (SSSR count). The molecule has 0 saturated heterocycles. The van der Waals surface area contributed by atoms with Gasteiger partial charge in [0.2, 0.25) is 0 Å². The first-order valence-electron chi connectivity index (χ1n) is 6.93. The molecule has 3 heteroatoms. The minimum Gasteiger partial charge on any atom is -0.508 e. The molecule has 1 aliphatic carbocycles. The first-order chi connectivity index (χ1) is 8.63. The molecular weight excluding hydrogens is 224 g/mol. The molecule has 0 bridgehead atoms. The van der Waals surface area contributed by atoms with Gasteiger partial charge < -0.3 is 16.2 Å². The Morgan fingerprint density at radius 1 is 1.33 bits per heavy atom. The number of rotatable bonds is 5. The lowest BCUT2D eigenvalue weighted by atomic mass is 10.1. The maximum absolute atomic E-state index is 9.22. The van der Waals surface area contributed by atoms with Crippen molar-refractivity contribution in [1.29, 1.82) is 0 Å². The number of phenols is 1. The lowest BCUT2D eigenvalue weighted by molar-refractivity contribution is 0.428. The molecule has 1 fully saturated rings. The van der Waals surface area contributed by atoms with Crippen molar-refractivity contribution >= 4 is 0 Å². The van der Waals surface area contributed by atoms with Crippen LogP contribution in [0.25, 0.3) is 0 Å². The van der Waals surface area contributed by atoms with E-state index in [9.17, 15) is 5.11 Å². The number of nitrogens with one attached hydrogen (secondary N) is 1. The molecule has 1 saturated carbocycles. The highest BCUT2D eigenvalue weighted by atomic mass is 16.3. The van der Waals surface area contributed by atoms with Crippen molar-refractivity contribution in [2.24, 2.45) is 5.73 Å². The molecule has 18 heavy (non-hydrogen) atoms.